The molecule has 1 unspecified atom stereocenters. The van der Waals surface area contributed by atoms with E-state index in [-0.39, 0.29) is 29.2 Å². The van der Waals surface area contributed by atoms with Crippen molar-refractivity contribution in [3.8, 4) is 0 Å². The first-order valence-corrected chi connectivity index (χ1v) is 11.7. The zero-order valence-corrected chi connectivity index (χ0v) is 18.3. The van der Waals surface area contributed by atoms with Crippen molar-refractivity contribution in [1.82, 2.24) is 14.9 Å². The van der Waals surface area contributed by atoms with Gasteiger partial charge >= 0.3 is 6.18 Å². The van der Waals surface area contributed by atoms with Crippen LogP contribution in [0.4, 0.5) is 13.2 Å². The van der Waals surface area contributed by atoms with E-state index in [1.165, 1.54) is 0 Å². The number of nitrogens with one attached hydrogen (secondary N) is 1. The summed E-state index contributed by atoms with van der Waals surface area (Å²) in [7, 11) is 0. The lowest BCUT2D eigenvalue weighted by molar-refractivity contribution is -0.139. The van der Waals surface area contributed by atoms with Crippen LogP contribution in [0.15, 0.2) is 18.5 Å². The van der Waals surface area contributed by atoms with Crippen LogP contribution in [0.3, 0.4) is 0 Å². The number of allylic oxidation sites excluding steroid dienone is 1. The summed E-state index contributed by atoms with van der Waals surface area (Å²) in [6, 6.07) is 0.434. The Morgan fingerprint density at radius 1 is 1.19 bits per heavy atom. The summed E-state index contributed by atoms with van der Waals surface area (Å²) in [5, 5.41) is 2.59. The molecular formula is C24H32F3N3O. The van der Waals surface area contributed by atoms with Crippen LogP contribution in [-0.2, 0) is 4.79 Å². The molecule has 31 heavy (non-hydrogen) atoms. The van der Waals surface area contributed by atoms with Crippen molar-refractivity contribution in [2.75, 3.05) is 6.54 Å². The smallest absolute Gasteiger partial charge is 0.356 e. The third-order valence-corrected chi connectivity index (χ3v) is 9.38. The second kappa shape index (κ2) is 7.11. The summed E-state index contributed by atoms with van der Waals surface area (Å²) in [5.74, 6) is 2.32. The lowest BCUT2D eigenvalue weighted by Gasteiger charge is -2.59. The van der Waals surface area contributed by atoms with E-state index < -0.39 is 12.6 Å². The van der Waals surface area contributed by atoms with Gasteiger partial charge < -0.3 is 9.88 Å². The van der Waals surface area contributed by atoms with Gasteiger partial charge in [0.15, 0.2) is 0 Å². The van der Waals surface area contributed by atoms with Crippen LogP contribution in [0.5, 0.6) is 0 Å². The highest BCUT2D eigenvalue weighted by atomic mass is 19.4. The molecule has 0 radical (unpaired) electrons. The third-order valence-electron chi connectivity index (χ3n) is 9.38. The Morgan fingerprint density at radius 3 is 2.77 bits per heavy atom. The number of imidazole rings is 1. The maximum Gasteiger partial charge on any atom is 0.390 e. The van der Waals surface area contributed by atoms with Gasteiger partial charge in [0, 0.05) is 36.3 Å². The predicted molar refractivity (Wildman–Crippen MR) is 112 cm³/mol. The lowest BCUT2D eigenvalue weighted by atomic mass is 9.48. The van der Waals surface area contributed by atoms with Gasteiger partial charge in [-0.1, -0.05) is 19.9 Å². The monoisotopic (exact) mass is 435 g/mol. The third kappa shape index (κ3) is 3.25. The van der Waals surface area contributed by atoms with Gasteiger partial charge in [0.25, 0.3) is 0 Å². The van der Waals surface area contributed by atoms with Gasteiger partial charge in [-0.05, 0) is 67.8 Å². The fourth-order valence-corrected chi connectivity index (χ4v) is 7.90. The fraction of sp³-hybridized carbons (Fsp3) is 0.750. The van der Waals surface area contributed by atoms with Gasteiger partial charge in [-0.3, -0.25) is 4.79 Å². The summed E-state index contributed by atoms with van der Waals surface area (Å²) in [5.41, 5.74) is -0.0176. The molecule has 1 amide bonds. The Hall–Kier alpha value is -1.79. The molecule has 5 rings (SSSR count). The van der Waals surface area contributed by atoms with Gasteiger partial charge in [0.1, 0.15) is 5.82 Å². The molecule has 0 saturated heterocycles. The topological polar surface area (TPSA) is 46.9 Å². The Bertz CT molecular complexity index is 893. The summed E-state index contributed by atoms with van der Waals surface area (Å²) in [6.07, 6.45) is 9.46. The summed E-state index contributed by atoms with van der Waals surface area (Å²) in [4.78, 5) is 17.3. The molecule has 1 aromatic heterocycles. The number of amides is 1. The second-order valence-corrected chi connectivity index (χ2v) is 10.7. The number of hydrogen-bond donors (Lipinski definition) is 1. The first-order valence-electron chi connectivity index (χ1n) is 11.7. The van der Waals surface area contributed by atoms with Gasteiger partial charge in [-0.15, -0.1) is 0 Å². The van der Waals surface area contributed by atoms with Crippen molar-refractivity contribution < 1.29 is 18.0 Å². The first-order chi connectivity index (χ1) is 14.6. The molecule has 3 saturated carbocycles. The molecule has 3 fully saturated rings. The molecule has 7 heteroatoms. The Labute approximate surface area is 181 Å². The van der Waals surface area contributed by atoms with Crippen molar-refractivity contribution in [1.29, 1.82) is 0 Å². The van der Waals surface area contributed by atoms with Gasteiger partial charge in [0.05, 0.1) is 6.42 Å². The number of carbonyl (C=O) groups is 1. The summed E-state index contributed by atoms with van der Waals surface area (Å²) >= 11 is 0. The normalized spacial score (nSPS) is 41.1. The van der Waals surface area contributed by atoms with Crippen LogP contribution in [0.1, 0.15) is 70.7 Å². The van der Waals surface area contributed by atoms with Crippen LogP contribution in [0, 0.1) is 34.5 Å². The zero-order valence-electron chi connectivity index (χ0n) is 18.3. The van der Waals surface area contributed by atoms with Crippen LogP contribution in [-0.4, -0.2) is 28.2 Å². The first kappa shape index (κ1) is 21.1. The van der Waals surface area contributed by atoms with Crippen LogP contribution < -0.4 is 5.32 Å². The number of hydrogen-bond acceptors (Lipinski definition) is 2. The molecule has 4 aliphatic rings. The average molecular weight is 436 g/mol. The molecule has 1 aliphatic heterocycles. The molecular weight excluding hydrogens is 403 g/mol. The number of rotatable bonds is 3. The van der Waals surface area contributed by atoms with E-state index in [1.54, 1.807) is 0 Å². The molecule has 0 bridgehead atoms. The zero-order chi connectivity index (χ0) is 22.0. The number of aromatic nitrogens is 2. The number of carbonyl (C=O) groups excluding carboxylic acids is 1. The van der Waals surface area contributed by atoms with E-state index in [0.717, 1.165) is 44.3 Å². The second-order valence-electron chi connectivity index (χ2n) is 10.7. The maximum atomic E-state index is 12.9. The minimum atomic E-state index is -4.23. The van der Waals surface area contributed by atoms with E-state index in [2.05, 4.69) is 47.1 Å². The predicted octanol–water partition coefficient (Wildman–Crippen LogP) is 5.38. The highest BCUT2D eigenvalue weighted by Crippen LogP contribution is 2.67. The fourth-order valence-electron chi connectivity index (χ4n) is 7.90. The van der Waals surface area contributed by atoms with E-state index in [9.17, 15) is 18.0 Å². The highest BCUT2D eigenvalue weighted by molar-refractivity contribution is 5.80. The Kier molecular flexibility index (Phi) is 4.83. The maximum absolute atomic E-state index is 12.9. The number of nitrogens with zero attached hydrogens (tertiary/aromatic N) is 2. The molecule has 0 aromatic carbocycles. The number of alkyl halides is 3. The summed E-state index contributed by atoms with van der Waals surface area (Å²) < 4.78 is 39.8. The van der Waals surface area contributed by atoms with Gasteiger partial charge in [0.2, 0.25) is 5.91 Å². The van der Waals surface area contributed by atoms with E-state index in [0.29, 0.717) is 23.8 Å². The van der Waals surface area contributed by atoms with Crippen LogP contribution in [0.2, 0.25) is 0 Å². The average Bonchev–Trinajstić information content (AvgIpc) is 3.30. The molecule has 170 valence electrons. The van der Waals surface area contributed by atoms with Crippen LogP contribution in [0.25, 0.3) is 6.08 Å². The number of halogens is 3. The quantitative estimate of drug-likeness (QED) is 0.693. The van der Waals surface area contributed by atoms with Crippen molar-refractivity contribution in [3.05, 3.63) is 24.3 Å². The van der Waals surface area contributed by atoms with Crippen molar-refractivity contribution in [3.63, 3.8) is 0 Å². The molecule has 4 nitrogen and oxygen atoms in total. The van der Waals surface area contributed by atoms with E-state index >= 15 is 0 Å². The largest absolute Gasteiger partial charge is 0.390 e. The molecule has 0 spiro atoms. The standard InChI is InChI=1S/C24H32F3N3O/c1-22-9-7-17-15(3-6-19-23(17,2)10-8-20-28-13-14-30(19)20)16(22)4-5-18(22)21(31)29-12-11-24(25,26)27/h8,10,13-19H,3-7,9,11-12H2,1-2H3,(H,29,31)/t15-,16-,17-,18+,19?,22-,23+/m0/s1. The molecule has 7 atom stereocenters. The highest BCUT2D eigenvalue weighted by Gasteiger charge is 2.61. The Morgan fingerprint density at radius 2 is 2.00 bits per heavy atom. The molecule has 1 aromatic rings. The molecule has 2 heterocycles. The lowest BCUT2D eigenvalue weighted by Crippen LogP contribution is -2.53. The Balaban J connectivity index is 1.33. The van der Waals surface area contributed by atoms with Crippen molar-refractivity contribution in [2.24, 2.45) is 34.5 Å². The SMILES string of the molecule is C[C@]12CC[C@H]3[C@@H](CCC4n5ccnc5C=C[C@@]43C)[C@@H]1CC[C@@H]2C(=O)NCCC(F)(F)F. The van der Waals surface area contributed by atoms with Gasteiger partial charge in [-0.2, -0.15) is 13.2 Å². The van der Waals surface area contributed by atoms with E-state index in [4.69, 9.17) is 0 Å². The number of fused-ring (bicyclic) bond motifs is 7. The van der Waals surface area contributed by atoms with Crippen molar-refractivity contribution >= 4 is 12.0 Å². The minimum Gasteiger partial charge on any atom is -0.356 e. The molecule has 3 aliphatic carbocycles. The molecule has 1 N–H and O–H groups in total. The van der Waals surface area contributed by atoms with E-state index in [1.807, 2.05) is 6.20 Å². The summed E-state index contributed by atoms with van der Waals surface area (Å²) in [6.45, 7) is 4.31. The minimum absolute atomic E-state index is 0.0883. The van der Waals surface area contributed by atoms with Gasteiger partial charge in [-0.25, -0.2) is 4.98 Å². The van der Waals surface area contributed by atoms with Crippen molar-refractivity contribution in [2.45, 2.75) is 71.0 Å². The van der Waals surface area contributed by atoms with Crippen LogP contribution >= 0.6 is 0 Å².